The standard InChI is InChI=1S/C23H23N3O5/c27-21(14-4-2-1-3-5-14)25-16-6-7-17-18(13-24-19(17)12-16)20(23(30)31)26-10-8-15(9-11-26)22(28)29/h1-7,12-13,15,20,24H,8-11H2,(H,25,27)(H,28,29)(H,30,31)/t20-/m1/s1. The molecule has 0 bridgehead atoms. The number of H-pyrrole nitrogens is 1. The maximum atomic E-state index is 12.4. The van der Waals surface area contributed by atoms with E-state index < -0.39 is 23.9 Å². The zero-order chi connectivity index (χ0) is 22.0. The Balaban J connectivity index is 1.56. The van der Waals surface area contributed by atoms with Gasteiger partial charge >= 0.3 is 11.9 Å². The van der Waals surface area contributed by atoms with Crippen molar-refractivity contribution in [3.05, 3.63) is 65.9 Å². The normalized spacial score (nSPS) is 16.1. The number of amides is 1. The van der Waals surface area contributed by atoms with Crippen molar-refractivity contribution in [2.75, 3.05) is 18.4 Å². The number of likely N-dealkylation sites (tertiary alicyclic amines) is 1. The molecule has 0 unspecified atom stereocenters. The van der Waals surface area contributed by atoms with E-state index in [1.165, 1.54) is 0 Å². The van der Waals surface area contributed by atoms with Crippen LogP contribution in [0.1, 0.15) is 34.8 Å². The summed E-state index contributed by atoms with van der Waals surface area (Å²) in [5, 5.41) is 22.7. The van der Waals surface area contributed by atoms with Crippen LogP contribution in [0.3, 0.4) is 0 Å². The van der Waals surface area contributed by atoms with Gasteiger partial charge in [-0.2, -0.15) is 0 Å². The van der Waals surface area contributed by atoms with Gasteiger partial charge in [0.15, 0.2) is 0 Å². The van der Waals surface area contributed by atoms with E-state index in [2.05, 4.69) is 10.3 Å². The van der Waals surface area contributed by atoms with Crippen molar-refractivity contribution in [3.8, 4) is 0 Å². The maximum absolute atomic E-state index is 12.4. The van der Waals surface area contributed by atoms with E-state index in [9.17, 15) is 24.6 Å². The minimum atomic E-state index is -0.976. The minimum Gasteiger partial charge on any atom is -0.481 e. The largest absolute Gasteiger partial charge is 0.481 e. The van der Waals surface area contributed by atoms with Crippen molar-refractivity contribution in [1.82, 2.24) is 9.88 Å². The number of carboxylic acids is 2. The lowest BCUT2D eigenvalue weighted by Crippen LogP contribution is -2.41. The second-order valence-corrected chi connectivity index (χ2v) is 7.71. The van der Waals surface area contributed by atoms with Gasteiger partial charge in [-0.1, -0.05) is 24.3 Å². The summed E-state index contributed by atoms with van der Waals surface area (Å²) in [6.07, 6.45) is 2.53. The first-order valence-corrected chi connectivity index (χ1v) is 10.1. The highest BCUT2D eigenvalue weighted by molar-refractivity contribution is 6.05. The molecule has 0 spiro atoms. The molecule has 0 aliphatic carbocycles. The van der Waals surface area contributed by atoms with Crippen LogP contribution >= 0.6 is 0 Å². The van der Waals surface area contributed by atoms with E-state index in [4.69, 9.17) is 0 Å². The van der Waals surface area contributed by atoms with Crippen LogP contribution in [-0.2, 0) is 9.59 Å². The number of rotatable bonds is 6. The van der Waals surface area contributed by atoms with Gasteiger partial charge in [0.25, 0.3) is 5.91 Å². The molecule has 8 heteroatoms. The van der Waals surface area contributed by atoms with Crippen molar-refractivity contribution >= 4 is 34.4 Å². The van der Waals surface area contributed by atoms with Crippen LogP contribution in [0, 0.1) is 5.92 Å². The molecular weight excluding hydrogens is 398 g/mol. The summed E-state index contributed by atoms with van der Waals surface area (Å²) in [5.74, 6) is -2.46. The number of hydrogen-bond acceptors (Lipinski definition) is 4. The number of nitrogens with zero attached hydrogens (tertiary/aromatic N) is 1. The van der Waals surface area contributed by atoms with Crippen LogP contribution in [0.4, 0.5) is 5.69 Å². The number of hydrogen-bond donors (Lipinski definition) is 4. The SMILES string of the molecule is O=C(Nc1ccc2c([C@H](C(=O)O)N3CCC(C(=O)O)CC3)c[nH]c2c1)c1ccccc1. The van der Waals surface area contributed by atoms with E-state index in [0.717, 1.165) is 5.39 Å². The lowest BCUT2D eigenvalue weighted by atomic mass is 9.94. The summed E-state index contributed by atoms with van der Waals surface area (Å²) in [7, 11) is 0. The van der Waals surface area contributed by atoms with Crippen LogP contribution < -0.4 is 5.32 Å². The van der Waals surface area contributed by atoms with E-state index in [0.29, 0.717) is 48.3 Å². The van der Waals surface area contributed by atoms with Crippen LogP contribution in [0.5, 0.6) is 0 Å². The van der Waals surface area contributed by atoms with Gasteiger partial charge < -0.3 is 20.5 Å². The first-order chi connectivity index (χ1) is 14.9. The van der Waals surface area contributed by atoms with Crippen LogP contribution in [0.25, 0.3) is 10.9 Å². The highest BCUT2D eigenvalue weighted by Crippen LogP contribution is 2.33. The van der Waals surface area contributed by atoms with Crippen molar-refractivity contribution in [1.29, 1.82) is 0 Å². The number of fused-ring (bicyclic) bond motifs is 1. The molecule has 8 nitrogen and oxygen atoms in total. The number of anilines is 1. The summed E-state index contributed by atoms with van der Waals surface area (Å²) in [6.45, 7) is 0.817. The highest BCUT2D eigenvalue weighted by atomic mass is 16.4. The number of aromatic nitrogens is 1. The summed E-state index contributed by atoms with van der Waals surface area (Å²) >= 11 is 0. The summed E-state index contributed by atoms with van der Waals surface area (Å²) in [6, 6.07) is 13.3. The molecule has 1 amide bonds. The smallest absolute Gasteiger partial charge is 0.325 e. The van der Waals surface area contributed by atoms with Gasteiger partial charge in [-0.25, -0.2) is 0 Å². The minimum absolute atomic E-state index is 0.226. The van der Waals surface area contributed by atoms with Gasteiger partial charge in [0.2, 0.25) is 0 Å². The fourth-order valence-corrected chi connectivity index (χ4v) is 4.14. The molecule has 2 aromatic carbocycles. The van der Waals surface area contributed by atoms with Crippen molar-refractivity contribution < 1.29 is 24.6 Å². The first kappa shape index (κ1) is 20.6. The molecule has 0 saturated carbocycles. The Bertz CT molecular complexity index is 1120. The molecule has 4 rings (SSSR count). The lowest BCUT2D eigenvalue weighted by Gasteiger charge is -2.34. The number of benzene rings is 2. The van der Waals surface area contributed by atoms with Crippen LogP contribution in [-0.4, -0.2) is 51.0 Å². The first-order valence-electron chi connectivity index (χ1n) is 10.1. The number of piperidine rings is 1. The van der Waals surface area contributed by atoms with Crippen molar-refractivity contribution in [2.45, 2.75) is 18.9 Å². The molecule has 3 aromatic rings. The molecule has 1 saturated heterocycles. The third kappa shape index (κ3) is 4.29. The number of nitrogens with one attached hydrogen (secondary N) is 2. The predicted octanol–water partition coefficient (Wildman–Crippen LogP) is 3.34. The Hall–Kier alpha value is -3.65. The molecule has 160 valence electrons. The molecule has 0 radical (unpaired) electrons. The highest BCUT2D eigenvalue weighted by Gasteiger charge is 2.34. The maximum Gasteiger partial charge on any atom is 0.325 e. The van der Waals surface area contributed by atoms with Gasteiger partial charge in [0, 0.05) is 47.0 Å². The van der Waals surface area contributed by atoms with Gasteiger partial charge in [-0.05, 0) is 37.1 Å². The van der Waals surface area contributed by atoms with Gasteiger partial charge in [0.05, 0.1) is 5.92 Å². The average Bonchev–Trinajstić information content (AvgIpc) is 3.17. The molecule has 4 N–H and O–H groups in total. The Kier molecular flexibility index (Phi) is 5.73. The van der Waals surface area contributed by atoms with E-state index >= 15 is 0 Å². The fraction of sp³-hybridized carbons (Fsp3) is 0.261. The quantitative estimate of drug-likeness (QED) is 0.484. The number of aromatic amines is 1. The second kappa shape index (κ2) is 8.61. The topological polar surface area (TPSA) is 123 Å². The van der Waals surface area contributed by atoms with E-state index in [1.807, 2.05) is 11.0 Å². The van der Waals surface area contributed by atoms with Gasteiger partial charge in [-0.15, -0.1) is 0 Å². The zero-order valence-electron chi connectivity index (χ0n) is 16.7. The Morgan fingerprint density at radius 3 is 2.39 bits per heavy atom. The van der Waals surface area contributed by atoms with E-state index in [1.54, 1.807) is 48.7 Å². The van der Waals surface area contributed by atoms with Gasteiger partial charge in [0.1, 0.15) is 6.04 Å². The molecule has 2 heterocycles. The molecule has 1 atom stereocenters. The Morgan fingerprint density at radius 2 is 1.74 bits per heavy atom. The van der Waals surface area contributed by atoms with Crippen molar-refractivity contribution in [3.63, 3.8) is 0 Å². The fourth-order valence-electron chi connectivity index (χ4n) is 4.14. The number of carbonyl (C=O) groups is 3. The van der Waals surface area contributed by atoms with Crippen LogP contribution in [0.15, 0.2) is 54.7 Å². The second-order valence-electron chi connectivity index (χ2n) is 7.71. The van der Waals surface area contributed by atoms with E-state index in [-0.39, 0.29) is 5.91 Å². The molecule has 1 aliphatic rings. The summed E-state index contributed by atoms with van der Waals surface area (Å²) in [4.78, 5) is 40.6. The predicted molar refractivity (Wildman–Crippen MR) is 115 cm³/mol. The van der Waals surface area contributed by atoms with Crippen molar-refractivity contribution in [2.24, 2.45) is 5.92 Å². The molecule has 1 fully saturated rings. The number of aliphatic carboxylic acids is 2. The number of carbonyl (C=O) groups excluding carboxylic acids is 1. The lowest BCUT2D eigenvalue weighted by molar-refractivity contribution is -0.146. The molecule has 1 aliphatic heterocycles. The van der Waals surface area contributed by atoms with Crippen LogP contribution in [0.2, 0.25) is 0 Å². The molecule has 1 aromatic heterocycles. The number of carboxylic acid groups (broad SMARTS) is 2. The van der Waals surface area contributed by atoms with Gasteiger partial charge in [-0.3, -0.25) is 19.3 Å². The average molecular weight is 421 g/mol. The Morgan fingerprint density at radius 1 is 1.03 bits per heavy atom. The third-order valence-corrected chi connectivity index (χ3v) is 5.78. The third-order valence-electron chi connectivity index (χ3n) is 5.78. The zero-order valence-corrected chi connectivity index (χ0v) is 16.7. The molecular formula is C23H23N3O5. The molecule has 31 heavy (non-hydrogen) atoms. The monoisotopic (exact) mass is 421 g/mol. The summed E-state index contributed by atoms with van der Waals surface area (Å²) in [5.41, 5.74) is 2.49. The Labute approximate surface area is 178 Å². The summed E-state index contributed by atoms with van der Waals surface area (Å²) < 4.78 is 0.